The van der Waals surface area contributed by atoms with E-state index in [-0.39, 0.29) is 16.8 Å². The van der Waals surface area contributed by atoms with Crippen molar-refractivity contribution < 1.29 is 44.1 Å². The van der Waals surface area contributed by atoms with Gasteiger partial charge in [-0.2, -0.15) is 0 Å². The molecule has 7 atom stereocenters. The predicted molar refractivity (Wildman–Crippen MR) is 109 cm³/mol. The molecule has 2 amide bonds. The molecule has 3 aliphatic rings. The third kappa shape index (κ3) is 2.89. The molecule has 2 saturated carbocycles. The topological polar surface area (TPSA) is 201 Å². The summed E-state index contributed by atoms with van der Waals surface area (Å²) in [7, 11) is 0. The number of rotatable bonds is 2. The lowest BCUT2D eigenvalue weighted by Crippen LogP contribution is -2.72. The fourth-order valence-electron chi connectivity index (χ4n) is 5.73. The first-order chi connectivity index (χ1) is 15.3. The van der Waals surface area contributed by atoms with Crippen molar-refractivity contribution in [1.29, 1.82) is 0 Å². The summed E-state index contributed by atoms with van der Waals surface area (Å²) in [5.74, 6) is -14.2. The molecule has 0 aliphatic heterocycles. The molecule has 0 bridgehead atoms. The summed E-state index contributed by atoms with van der Waals surface area (Å²) in [5.41, 5.74) is 2.27. The molecule has 2 fully saturated rings. The number of hydrogen-bond acceptors (Lipinski definition) is 9. The first-order valence-electron chi connectivity index (χ1n) is 10.3. The van der Waals surface area contributed by atoms with Crippen LogP contribution in [0.1, 0.15) is 42.1 Å². The van der Waals surface area contributed by atoms with Crippen LogP contribution in [0, 0.1) is 23.7 Å². The molecular weight excluding hydrogens is 436 g/mol. The number of benzene rings is 1. The fraction of sp³-hybridized carbons (Fsp3) is 0.455. The highest BCUT2D eigenvalue weighted by atomic mass is 16.3. The third-order valence-corrected chi connectivity index (χ3v) is 7.15. The minimum atomic E-state index is -2.97. The van der Waals surface area contributed by atoms with Gasteiger partial charge in [-0.25, -0.2) is 0 Å². The Kier molecular flexibility index (Phi) is 5.02. The van der Waals surface area contributed by atoms with Crippen LogP contribution in [-0.4, -0.2) is 62.0 Å². The summed E-state index contributed by atoms with van der Waals surface area (Å²) < 4.78 is 0. The molecule has 0 saturated heterocycles. The summed E-state index contributed by atoms with van der Waals surface area (Å²) in [4.78, 5) is 75.6. The highest BCUT2D eigenvalue weighted by Crippen LogP contribution is 2.55. The summed E-state index contributed by atoms with van der Waals surface area (Å²) >= 11 is 0. The number of primary amides is 1. The summed E-state index contributed by atoms with van der Waals surface area (Å²) in [6, 6.07) is 2.53. The smallest absolute Gasteiger partial charge is 0.235 e. The number of aliphatic hydroxyl groups is 2. The van der Waals surface area contributed by atoms with Crippen LogP contribution >= 0.6 is 0 Å². The van der Waals surface area contributed by atoms with Crippen LogP contribution in [0.3, 0.4) is 0 Å². The van der Waals surface area contributed by atoms with Gasteiger partial charge in [0.05, 0.1) is 17.6 Å². The van der Waals surface area contributed by atoms with Crippen molar-refractivity contribution in [2.24, 2.45) is 29.4 Å². The van der Waals surface area contributed by atoms with Crippen LogP contribution in [0.15, 0.2) is 12.1 Å². The Morgan fingerprint density at radius 2 is 1.79 bits per heavy atom. The zero-order valence-corrected chi connectivity index (χ0v) is 17.7. The van der Waals surface area contributed by atoms with Gasteiger partial charge in [0.25, 0.3) is 0 Å². The number of anilines is 1. The molecule has 0 heterocycles. The minimum absolute atomic E-state index is 0.192. The number of aliphatic hydroxyl groups excluding tert-OH is 1. The second-order valence-corrected chi connectivity index (χ2v) is 8.91. The molecule has 0 spiro atoms. The van der Waals surface area contributed by atoms with Crippen molar-refractivity contribution in [3.8, 4) is 5.75 Å². The molecule has 6 N–H and O–H groups in total. The summed E-state index contributed by atoms with van der Waals surface area (Å²) in [6.07, 6.45) is -2.34. The number of amides is 2. The number of nitrogens with two attached hydrogens (primary N) is 1. The average molecular weight is 458 g/mol. The van der Waals surface area contributed by atoms with E-state index in [4.69, 9.17) is 5.73 Å². The normalized spacial score (nSPS) is 35.4. The van der Waals surface area contributed by atoms with Crippen molar-refractivity contribution in [1.82, 2.24) is 0 Å². The van der Waals surface area contributed by atoms with E-state index in [0.717, 1.165) is 6.07 Å². The van der Waals surface area contributed by atoms with E-state index in [0.29, 0.717) is 0 Å². The molecule has 1 aromatic carbocycles. The number of phenols is 1. The Hall–Kier alpha value is -3.44. The van der Waals surface area contributed by atoms with Crippen LogP contribution in [0.25, 0.3) is 0 Å². The van der Waals surface area contributed by atoms with Crippen LogP contribution in [0.5, 0.6) is 5.75 Å². The zero-order chi connectivity index (χ0) is 24.6. The number of Topliss-reactive ketones (excluding diaryl/α,β-unsaturated/α-hetero) is 4. The number of nitrogens with one attached hydrogen (secondary N) is 1. The van der Waals surface area contributed by atoms with Gasteiger partial charge in [0.2, 0.25) is 11.8 Å². The van der Waals surface area contributed by atoms with Gasteiger partial charge >= 0.3 is 0 Å². The van der Waals surface area contributed by atoms with Gasteiger partial charge in [0.15, 0.2) is 34.7 Å². The monoisotopic (exact) mass is 458 g/mol. The van der Waals surface area contributed by atoms with Gasteiger partial charge in [-0.1, -0.05) is 6.92 Å². The molecule has 2 unspecified atom stereocenters. The van der Waals surface area contributed by atoms with Gasteiger partial charge in [0, 0.05) is 30.9 Å². The van der Waals surface area contributed by atoms with E-state index in [1.165, 1.54) is 13.0 Å². The number of ketones is 4. The fourth-order valence-corrected chi connectivity index (χ4v) is 5.73. The van der Waals surface area contributed by atoms with E-state index >= 15 is 0 Å². The minimum Gasteiger partial charge on any atom is -0.507 e. The SMILES string of the molecule is CC(=O)Nc1ccc(O)c2c1[C@H](C)[C@@H]1C(C2=O)C(=O)[C@]2(O)C(=O)C(C(N)=O)C(=O)C[C@@H]2[C@H]1O. The van der Waals surface area contributed by atoms with Gasteiger partial charge in [-0.05, 0) is 23.6 Å². The van der Waals surface area contributed by atoms with Gasteiger partial charge < -0.3 is 26.4 Å². The molecule has 1 aromatic rings. The van der Waals surface area contributed by atoms with E-state index in [1.807, 2.05) is 0 Å². The molecule has 0 radical (unpaired) electrons. The van der Waals surface area contributed by atoms with E-state index in [2.05, 4.69) is 5.32 Å². The van der Waals surface area contributed by atoms with Crippen molar-refractivity contribution in [2.75, 3.05) is 5.32 Å². The largest absolute Gasteiger partial charge is 0.507 e. The lowest BCUT2D eigenvalue weighted by atomic mass is 9.50. The summed E-state index contributed by atoms with van der Waals surface area (Å²) in [5, 5.41) is 35.3. The van der Waals surface area contributed by atoms with Crippen molar-refractivity contribution >= 4 is 40.6 Å². The van der Waals surface area contributed by atoms with Crippen molar-refractivity contribution in [3.05, 3.63) is 23.3 Å². The Morgan fingerprint density at radius 1 is 1.15 bits per heavy atom. The molecule has 33 heavy (non-hydrogen) atoms. The van der Waals surface area contributed by atoms with Crippen LogP contribution in [0.2, 0.25) is 0 Å². The average Bonchev–Trinajstić information content (AvgIpc) is 2.71. The number of carbonyl (C=O) groups is 6. The maximum absolute atomic E-state index is 13.5. The molecule has 4 rings (SSSR count). The molecule has 11 nitrogen and oxygen atoms in total. The van der Waals surface area contributed by atoms with Gasteiger partial charge in [-0.15, -0.1) is 0 Å². The maximum atomic E-state index is 13.5. The Labute approximate surface area is 186 Å². The van der Waals surface area contributed by atoms with E-state index in [1.54, 1.807) is 6.92 Å². The Bertz CT molecular complexity index is 1160. The van der Waals surface area contributed by atoms with Gasteiger partial charge in [-0.3, -0.25) is 28.8 Å². The standard InChI is InChI=1S/C22H22N2O9/c1-6-12-9(24-7(2)25)3-4-10(26)14(12)18(29)16-13(6)17(28)8-5-11(27)15(21(23)32)19(30)22(8,33)20(16)31/h3-4,6,8,13,15-17,26,28,33H,5H2,1-2H3,(H2,23,32)(H,24,25)/t6-,8+,13+,15?,16?,17+,22+/m0/s1. The first kappa shape index (κ1) is 22.7. The second kappa shape index (κ2) is 7.29. The van der Waals surface area contributed by atoms with E-state index < -0.39 is 88.4 Å². The number of carbonyl (C=O) groups excluding carboxylic acids is 6. The van der Waals surface area contributed by atoms with Crippen LogP contribution in [0.4, 0.5) is 5.69 Å². The highest BCUT2D eigenvalue weighted by molar-refractivity contribution is 6.31. The van der Waals surface area contributed by atoms with Crippen LogP contribution in [-0.2, 0) is 24.0 Å². The van der Waals surface area contributed by atoms with Crippen molar-refractivity contribution in [3.63, 3.8) is 0 Å². The lowest BCUT2D eigenvalue weighted by Gasteiger charge is -2.53. The number of aromatic hydroxyl groups is 1. The number of hydrogen-bond donors (Lipinski definition) is 5. The summed E-state index contributed by atoms with van der Waals surface area (Å²) in [6.45, 7) is 2.80. The first-order valence-corrected chi connectivity index (χ1v) is 10.3. The molecule has 11 heteroatoms. The van der Waals surface area contributed by atoms with Crippen LogP contribution < -0.4 is 11.1 Å². The second-order valence-electron chi connectivity index (χ2n) is 8.91. The lowest BCUT2D eigenvalue weighted by molar-refractivity contribution is -0.189. The highest BCUT2D eigenvalue weighted by Gasteiger charge is 2.70. The maximum Gasteiger partial charge on any atom is 0.235 e. The quantitative estimate of drug-likeness (QED) is 0.267. The zero-order valence-electron chi connectivity index (χ0n) is 17.7. The van der Waals surface area contributed by atoms with Crippen molar-refractivity contribution in [2.45, 2.75) is 37.9 Å². The number of phenolic OH excluding ortho intramolecular Hbond substituents is 1. The predicted octanol–water partition coefficient (Wildman–Crippen LogP) is -1.18. The molecule has 174 valence electrons. The molecule has 3 aliphatic carbocycles. The Morgan fingerprint density at radius 3 is 2.36 bits per heavy atom. The molecule has 0 aromatic heterocycles. The third-order valence-electron chi connectivity index (χ3n) is 7.15. The molecular formula is C22H22N2O9. The number of fused-ring (bicyclic) bond motifs is 3. The Balaban J connectivity index is 1.91. The van der Waals surface area contributed by atoms with Gasteiger partial charge in [0.1, 0.15) is 5.75 Å². The van der Waals surface area contributed by atoms with E-state index in [9.17, 15) is 44.1 Å².